The monoisotopic (exact) mass is 875 g/mol. The van der Waals surface area contributed by atoms with Crippen LogP contribution in [0.25, 0.3) is 0 Å². The molecule has 2 amide bonds. The number of hydrogen-bond acceptors (Lipinski definition) is 10. The summed E-state index contributed by atoms with van der Waals surface area (Å²) in [4.78, 5) is 24.4. The Morgan fingerprint density at radius 2 is 0.885 bits per heavy atom. The van der Waals surface area contributed by atoms with Crippen LogP contribution in [-0.4, -0.2) is 116 Å². The van der Waals surface area contributed by atoms with E-state index in [9.17, 15) is 9.59 Å². The summed E-state index contributed by atoms with van der Waals surface area (Å²) in [5.41, 5.74) is -0.822. The molecule has 61 heavy (non-hydrogen) atoms. The van der Waals surface area contributed by atoms with E-state index in [1.807, 2.05) is 27.7 Å². The number of nitrogens with one attached hydrogen (secondary N) is 2. The van der Waals surface area contributed by atoms with Gasteiger partial charge in [-0.15, -0.1) is 0 Å². The highest BCUT2D eigenvalue weighted by Gasteiger charge is 2.25. The Hall–Kier alpha value is -1.70. The van der Waals surface area contributed by atoms with Crippen LogP contribution in [0, 0.1) is 0 Å². The van der Waals surface area contributed by atoms with E-state index < -0.39 is 17.8 Å². The van der Waals surface area contributed by atoms with Gasteiger partial charge in [0.05, 0.1) is 57.5 Å². The van der Waals surface area contributed by atoms with E-state index in [1.54, 1.807) is 7.11 Å². The summed E-state index contributed by atoms with van der Waals surface area (Å²) < 4.78 is 45.3. The molecule has 0 spiro atoms. The normalized spacial score (nSPS) is 12.4. The first kappa shape index (κ1) is 59.3. The van der Waals surface area contributed by atoms with E-state index in [-0.39, 0.29) is 24.9 Å². The zero-order valence-corrected chi connectivity index (χ0v) is 40.8. The van der Waals surface area contributed by atoms with Crippen molar-refractivity contribution in [1.29, 1.82) is 0 Å². The third kappa shape index (κ3) is 44.7. The maximum absolute atomic E-state index is 12.4. The highest BCUT2D eigenvalue weighted by Crippen LogP contribution is 2.19. The molecule has 0 heterocycles. The summed E-state index contributed by atoms with van der Waals surface area (Å²) in [6.07, 6.45) is 30.7. The largest absolute Gasteiger partial charge is 0.449 e. The van der Waals surface area contributed by atoms with Crippen LogP contribution in [-0.2, 0) is 37.9 Å². The van der Waals surface area contributed by atoms with Gasteiger partial charge < -0.3 is 48.5 Å². The van der Waals surface area contributed by atoms with E-state index in [1.165, 1.54) is 135 Å². The number of unbranched alkanes of at least 4 members (excludes halogenated alkanes) is 22. The van der Waals surface area contributed by atoms with Gasteiger partial charge >= 0.3 is 12.2 Å². The quantitative estimate of drug-likeness (QED) is 0.0570. The fourth-order valence-electron chi connectivity index (χ4n) is 6.53. The SMILES string of the molecule is CCCCCCCCCCCCCCOC[C@H](COC(=O)NCCOCCOCCNC(=O)OCCC(C)(C)OCC(C)(C)OC)OCCCCCCCCCCCCCC. The zero-order valence-electron chi connectivity index (χ0n) is 40.8. The second kappa shape index (κ2) is 43.5. The number of carbonyl (C=O) groups excluding carboxylic acids is 2. The summed E-state index contributed by atoms with van der Waals surface area (Å²) in [6.45, 7) is 17.0. The number of amides is 2. The van der Waals surface area contributed by atoms with Crippen molar-refractivity contribution in [3.63, 3.8) is 0 Å². The maximum atomic E-state index is 12.4. The van der Waals surface area contributed by atoms with Crippen LogP contribution >= 0.6 is 0 Å². The lowest BCUT2D eigenvalue weighted by molar-refractivity contribution is -0.112. The minimum Gasteiger partial charge on any atom is -0.449 e. The van der Waals surface area contributed by atoms with Crippen molar-refractivity contribution in [3.8, 4) is 0 Å². The van der Waals surface area contributed by atoms with Crippen LogP contribution in [0.3, 0.4) is 0 Å². The standard InChI is InChI=1S/C49H98N2O10/c1-8-10-12-14-16-18-20-22-24-26-28-30-35-57-42-45(58-36-31-29-27-25-23-21-19-17-15-13-11-9-2)43-60-47(53)51-34-39-56-41-40-55-38-33-50-46(52)59-37-32-48(3,4)61-44-49(5,6)54-7/h45H,8-44H2,1-7H3,(H,50,52)(H,51,53)/t45-/m1/s1. The topological polar surface area (TPSA) is 132 Å². The highest BCUT2D eigenvalue weighted by atomic mass is 16.6. The molecule has 12 heteroatoms. The Balaban J connectivity index is 4.14. The van der Waals surface area contributed by atoms with Crippen molar-refractivity contribution in [1.82, 2.24) is 10.6 Å². The Labute approximate surface area is 375 Å². The summed E-state index contributed by atoms with van der Waals surface area (Å²) >= 11 is 0. The Morgan fingerprint density at radius 1 is 0.459 bits per heavy atom. The number of carbonyl (C=O) groups is 2. The van der Waals surface area contributed by atoms with Crippen molar-refractivity contribution >= 4 is 12.2 Å². The number of rotatable bonds is 47. The first-order chi connectivity index (χ1) is 29.5. The summed E-state index contributed by atoms with van der Waals surface area (Å²) in [5.74, 6) is 0. The van der Waals surface area contributed by atoms with E-state index >= 15 is 0 Å². The van der Waals surface area contributed by atoms with Gasteiger partial charge in [-0.05, 0) is 40.5 Å². The fourth-order valence-corrected chi connectivity index (χ4v) is 6.53. The molecule has 0 bridgehead atoms. The summed E-state index contributed by atoms with van der Waals surface area (Å²) in [6, 6.07) is 0. The van der Waals surface area contributed by atoms with Crippen LogP contribution in [0.5, 0.6) is 0 Å². The second-order valence-electron chi connectivity index (χ2n) is 17.9. The Morgan fingerprint density at radius 3 is 1.34 bits per heavy atom. The molecule has 0 fully saturated rings. The lowest BCUT2D eigenvalue weighted by atomic mass is 10.1. The van der Waals surface area contributed by atoms with Gasteiger partial charge in [0, 0.05) is 39.8 Å². The smallest absolute Gasteiger partial charge is 0.407 e. The molecule has 0 aromatic heterocycles. The average Bonchev–Trinajstić information content (AvgIpc) is 3.24. The van der Waals surface area contributed by atoms with Crippen molar-refractivity contribution in [2.75, 3.05) is 86.3 Å². The van der Waals surface area contributed by atoms with Crippen molar-refractivity contribution in [3.05, 3.63) is 0 Å². The zero-order chi connectivity index (χ0) is 45.0. The molecule has 0 rings (SSSR count). The van der Waals surface area contributed by atoms with Crippen LogP contribution < -0.4 is 10.6 Å². The van der Waals surface area contributed by atoms with Crippen molar-refractivity contribution < 1.29 is 47.5 Å². The van der Waals surface area contributed by atoms with Gasteiger partial charge in [0.25, 0.3) is 0 Å². The van der Waals surface area contributed by atoms with Gasteiger partial charge in [-0.3, -0.25) is 0 Å². The molecule has 2 N–H and O–H groups in total. The van der Waals surface area contributed by atoms with Crippen LogP contribution in [0.15, 0.2) is 0 Å². The molecule has 0 saturated heterocycles. The van der Waals surface area contributed by atoms with E-state index in [0.29, 0.717) is 72.4 Å². The number of ether oxygens (including phenoxy) is 8. The van der Waals surface area contributed by atoms with Gasteiger partial charge in [-0.1, -0.05) is 155 Å². The molecule has 364 valence electrons. The van der Waals surface area contributed by atoms with Gasteiger partial charge in [0.1, 0.15) is 12.7 Å². The predicted molar refractivity (Wildman–Crippen MR) is 249 cm³/mol. The second-order valence-corrected chi connectivity index (χ2v) is 17.9. The molecule has 12 nitrogen and oxygen atoms in total. The lowest BCUT2D eigenvalue weighted by Gasteiger charge is -2.31. The van der Waals surface area contributed by atoms with Crippen LogP contribution in [0.4, 0.5) is 9.59 Å². The minimum atomic E-state index is -0.496. The van der Waals surface area contributed by atoms with E-state index in [2.05, 4.69) is 24.5 Å². The third-order valence-corrected chi connectivity index (χ3v) is 10.9. The molecule has 0 aromatic carbocycles. The van der Waals surface area contributed by atoms with Crippen molar-refractivity contribution in [2.24, 2.45) is 0 Å². The summed E-state index contributed by atoms with van der Waals surface area (Å²) in [7, 11) is 1.66. The molecule has 0 unspecified atom stereocenters. The van der Waals surface area contributed by atoms with E-state index in [4.69, 9.17) is 37.9 Å². The number of alkyl carbamates (subject to hydrolysis) is 2. The third-order valence-electron chi connectivity index (χ3n) is 10.9. The first-order valence-corrected chi connectivity index (χ1v) is 24.9. The number of methoxy groups -OCH3 is 1. The van der Waals surface area contributed by atoms with Crippen molar-refractivity contribution in [2.45, 2.75) is 219 Å². The molecule has 0 aliphatic carbocycles. The van der Waals surface area contributed by atoms with Gasteiger partial charge in [0.2, 0.25) is 0 Å². The molecule has 0 aliphatic heterocycles. The Bertz CT molecular complexity index is 954. The van der Waals surface area contributed by atoms with Gasteiger partial charge in [0.15, 0.2) is 0 Å². The highest BCUT2D eigenvalue weighted by molar-refractivity contribution is 5.67. The minimum absolute atomic E-state index is 0.151. The molecular formula is C49H98N2O10. The first-order valence-electron chi connectivity index (χ1n) is 24.9. The molecule has 0 aromatic rings. The summed E-state index contributed by atoms with van der Waals surface area (Å²) in [5, 5.41) is 5.42. The maximum Gasteiger partial charge on any atom is 0.407 e. The van der Waals surface area contributed by atoms with Crippen LogP contribution in [0.2, 0.25) is 0 Å². The molecule has 0 saturated carbocycles. The van der Waals surface area contributed by atoms with Gasteiger partial charge in [-0.25, -0.2) is 9.59 Å². The lowest BCUT2D eigenvalue weighted by Crippen LogP contribution is -2.37. The predicted octanol–water partition coefficient (Wildman–Crippen LogP) is 11.9. The average molecular weight is 875 g/mol. The number of hydrogen-bond donors (Lipinski definition) is 2. The fraction of sp³-hybridized carbons (Fsp3) is 0.959. The Kier molecular flexibility index (Phi) is 42.3. The molecule has 1 atom stereocenters. The molecule has 0 aliphatic rings. The molecular weight excluding hydrogens is 777 g/mol. The van der Waals surface area contributed by atoms with Gasteiger partial charge in [-0.2, -0.15) is 0 Å². The molecule has 0 radical (unpaired) electrons. The van der Waals surface area contributed by atoms with Crippen LogP contribution in [0.1, 0.15) is 202 Å². The van der Waals surface area contributed by atoms with E-state index in [0.717, 1.165) is 19.3 Å².